The lowest BCUT2D eigenvalue weighted by Gasteiger charge is -2.56. The summed E-state index contributed by atoms with van der Waals surface area (Å²) >= 11 is 0. The molecule has 2 aliphatic rings. The van der Waals surface area contributed by atoms with Crippen molar-refractivity contribution in [3.63, 3.8) is 0 Å². The van der Waals surface area contributed by atoms with Gasteiger partial charge in [-0.2, -0.15) is 0 Å². The zero-order valence-electron chi connectivity index (χ0n) is 8.77. The van der Waals surface area contributed by atoms with Crippen LogP contribution in [-0.4, -0.2) is 0 Å². The molecule has 2 saturated carbocycles. The zero-order chi connectivity index (χ0) is 8.77. The third-order valence-corrected chi connectivity index (χ3v) is 4.67. The van der Waals surface area contributed by atoms with E-state index in [1.165, 1.54) is 32.1 Å². The molecule has 0 aromatic rings. The molecular formula is C12H22. The number of hydrogen-bond acceptors (Lipinski definition) is 0. The van der Waals surface area contributed by atoms with Crippen LogP contribution in [0.4, 0.5) is 0 Å². The summed E-state index contributed by atoms with van der Waals surface area (Å²) in [5.41, 5.74) is 0.803. The van der Waals surface area contributed by atoms with Gasteiger partial charge < -0.3 is 0 Å². The Labute approximate surface area is 76.7 Å². The Hall–Kier alpha value is 0. The van der Waals surface area contributed by atoms with E-state index in [1.54, 1.807) is 0 Å². The third kappa shape index (κ3) is 1.11. The molecule has 0 aliphatic heterocycles. The Balaban J connectivity index is 2.02. The molecule has 0 aromatic carbocycles. The van der Waals surface area contributed by atoms with E-state index in [0.29, 0.717) is 0 Å². The van der Waals surface area contributed by atoms with Crippen LogP contribution in [0.3, 0.4) is 0 Å². The summed E-state index contributed by atoms with van der Waals surface area (Å²) in [7, 11) is 0. The quantitative estimate of drug-likeness (QED) is 0.512. The van der Waals surface area contributed by atoms with E-state index in [4.69, 9.17) is 0 Å². The maximum atomic E-state index is 2.48. The van der Waals surface area contributed by atoms with Gasteiger partial charge in [0.1, 0.15) is 0 Å². The average Bonchev–Trinajstić information content (AvgIpc) is 2.04. The molecule has 0 heteroatoms. The molecule has 4 atom stereocenters. The molecule has 0 aromatic heterocycles. The normalized spacial score (nSPS) is 53.8. The number of hydrogen-bond donors (Lipinski definition) is 0. The van der Waals surface area contributed by atoms with Gasteiger partial charge in [0.05, 0.1) is 0 Å². The second-order valence-corrected chi connectivity index (χ2v) is 5.53. The fourth-order valence-electron chi connectivity index (χ4n) is 3.75. The van der Waals surface area contributed by atoms with Crippen LogP contribution in [0, 0.1) is 23.2 Å². The van der Waals surface area contributed by atoms with Gasteiger partial charge in [0.2, 0.25) is 0 Å². The van der Waals surface area contributed by atoms with Crippen LogP contribution in [0.15, 0.2) is 0 Å². The summed E-state index contributed by atoms with van der Waals surface area (Å²) in [4.78, 5) is 0. The highest BCUT2D eigenvalue weighted by atomic mass is 14.5. The van der Waals surface area contributed by atoms with Gasteiger partial charge in [-0.25, -0.2) is 0 Å². The van der Waals surface area contributed by atoms with E-state index in [-0.39, 0.29) is 0 Å². The molecule has 0 nitrogen and oxygen atoms in total. The van der Waals surface area contributed by atoms with E-state index in [2.05, 4.69) is 20.8 Å². The molecule has 1 spiro atoms. The molecule has 0 N–H and O–H groups in total. The molecule has 0 saturated heterocycles. The van der Waals surface area contributed by atoms with E-state index in [1.807, 2.05) is 0 Å². The largest absolute Gasteiger partial charge is 0.0625 e. The van der Waals surface area contributed by atoms with Crippen LogP contribution in [-0.2, 0) is 0 Å². The second kappa shape index (κ2) is 2.75. The highest BCUT2D eigenvalue weighted by molar-refractivity contribution is 4.99. The molecule has 2 rings (SSSR count). The maximum Gasteiger partial charge on any atom is -0.0264 e. The van der Waals surface area contributed by atoms with Crippen molar-refractivity contribution in [3.8, 4) is 0 Å². The number of rotatable bonds is 0. The van der Waals surface area contributed by atoms with Crippen molar-refractivity contribution in [3.05, 3.63) is 0 Å². The molecule has 70 valence electrons. The van der Waals surface area contributed by atoms with Crippen molar-refractivity contribution in [1.29, 1.82) is 0 Å². The zero-order valence-corrected chi connectivity index (χ0v) is 8.77. The Bertz CT molecular complexity index is 169. The highest BCUT2D eigenvalue weighted by Gasteiger charge is 2.49. The van der Waals surface area contributed by atoms with Crippen molar-refractivity contribution in [2.24, 2.45) is 23.2 Å². The second-order valence-electron chi connectivity index (χ2n) is 5.53. The van der Waals surface area contributed by atoms with Crippen LogP contribution in [0.2, 0.25) is 0 Å². The first-order valence-corrected chi connectivity index (χ1v) is 5.64. The lowest BCUT2D eigenvalue weighted by Crippen LogP contribution is -2.47. The molecule has 0 heterocycles. The molecule has 4 unspecified atom stereocenters. The van der Waals surface area contributed by atoms with Gasteiger partial charge in [-0.1, -0.05) is 33.6 Å². The summed E-state index contributed by atoms with van der Waals surface area (Å²) in [6, 6.07) is 0. The lowest BCUT2D eigenvalue weighted by molar-refractivity contribution is -0.0659. The van der Waals surface area contributed by atoms with Gasteiger partial charge in [-0.05, 0) is 42.4 Å². The van der Waals surface area contributed by atoms with Gasteiger partial charge in [-0.15, -0.1) is 0 Å². The molecule has 0 amide bonds. The first-order chi connectivity index (χ1) is 5.64. The average molecular weight is 166 g/mol. The van der Waals surface area contributed by atoms with Crippen molar-refractivity contribution in [1.82, 2.24) is 0 Å². The minimum Gasteiger partial charge on any atom is -0.0625 e. The monoisotopic (exact) mass is 166 g/mol. The smallest absolute Gasteiger partial charge is 0.0264 e. The summed E-state index contributed by atoms with van der Waals surface area (Å²) in [5.74, 6) is 3.03. The van der Waals surface area contributed by atoms with Crippen LogP contribution in [0.5, 0.6) is 0 Å². The van der Waals surface area contributed by atoms with E-state index < -0.39 is 0 Å². The van der Waals surface area contributed by atoms with Crippen molar-refractivity contribution in [2.45, 2.75) is 52.9 Å². The third-order valence-electron chi connectivity index (χ3n) is 4.67. The first-order valence-electron chi connectivity index (χ1n) is 5.64. The van der Waals surface area contributed by atoms with Crippen LogP contribution < -0.4 is 0 Å². The molecule has 2 fully saturated rings. The van der Waals surface area contributed by atoms with Gasteiger partial charge in [0, 0.05) is 0 Å². The maximum absolute atomic E-state index is 2.48. The lowest BCUT2D eigenvalue weighted by atomic mass is 9.49. The van der Waals surface area contributed by atoms with E-state index >= 15 is 0 Å². The van der Waals surface area contributed by atoms with Crippen LogP contribution in [0.1, 0.15) is 52.9 Å². The molecular weight excluding hydrogens is 144 g/mol. The molecule has 2 aliphatic carbocycles. The van der Waals surface area contributed by atoms with E-state index in [0.717, 1.165) is 23.2 Å². The Morgan fingerprint density at radius 3 is 2.33 bits per heavy atom. The fourth-order valence-corrected chi connectivity index (χ4v) is 3.75. The van der Waals surface area contributed by atoms with Crippen molar-refractivity contribution >= 4 is 0 Å². The highest BCUT2D eigenvalue weighted by Crippen LogP contribution is 2.59. The van der Waals surface area contributed by atoms with Gasteiger partial charge >= 0.3 is 0 Å². The van der Waals surface area contributed by atoms with Gasteiger partial charge in [0.25, 0.3) is 0 Å². The summed E-state index contributed by atoms with van der Waals surface area (Å²) in [6.45, 7) is 7.35. The van der Waals surface area contributed by atoms with Crippen molar-refractivity contribution in [2.75, 3.05) is 0 Å². The van der Waals surface area contributed by atoms with Crippen molar-refractivity contribution < 1.29 is 0 Å². The SMILES string of the molecule is CC1CCCC2(C1)CC(C)C2C. The minimum absolute atomic E-state index is 0.803. The molecule has 12 heavy (non-hydrogen) atoms. The summed E-state index contributed by atoms with van der Waals surface area (Å²) in [6.07, 6.45) is 7.57. The first kappa shape index (κ1) is 8.59. The van der Waals surface area contributed by atoms with Gasteiger partial charge in [-0.3, -0.25) is 0 Å². The Morgan fingerprint density at radius 1 is 1.08 bits per heavy atom. The molecule has 0 radical (unpaired) electrons. The topological polar surface area (TPSA) is 0 Å². The fraction of sp³-hybridized carbons (Fsp3) is 1.00. The predicted molar refractivity (Wildman–Crippen MR) is 53.0 cm³/mol. The standard InChI is InChI=1S/C12H22/c1-9-5-4-6-12(7-9)8-10(2)11(12)3/h9-11H,4-8H2,1-3H3. The Kier molecular flexibility index (Phi) is 1.97. The van der Waals surface area contributed by atoms with E-state index in [9.17, 15) is 0 Å². The Morgan fingerprint density at radius 2 is 1.83 bits per heavy atom. The van der Waals surface area contributed by atoms with Gasteiger partial charge in [0.15, 0.2) is 0 Å². The van der Waals surface area contributed by atoms with Crippen LogP contribution in [0.25, 0.3) is 0 Å². The van der Waals surface area contributed by atoms with Crippen LogP contribution >= 0.6 is 0 Å². The minimum atomic E-state index is 0.803. The summed E-state index contributed by atoms with van der Waals surface area (Å²) < 4.78 is 0. The molecule has 0 bridgehead atoms. The summed E-state index contributed by atoms with van der Waals surface area (Å²) in [5, 5.41) is 0. The predicted octanol–water partition coefficient (Wildman–Crippen LogP) is 3.86.